The van der Waals surface area contributed by atoms with Crippen LogP contribution in [0.3, 0.4) is 0 Å². The minimum absolute atomic E-state index is 0.00171. The van der Waals surface area contributed by atoms with Crippen LogP contribution in [0.4, 0.5) is 4.39 Å². The predicted octanol–water partition coefficient (Wildman–Crippen LogP) is 2.50. The fraction of sp³-hybridized carbons (Fsp3) is 0.600. The topological polar surface area (TPSA) is 35.5 Å². The SMILES string of the molecule is CCN(Cc1cc(O)cc(F)c1)CC1CCCCN1. The van der Waals surface area contributed by atoms with Gasteiger partial charge in [0.15, 0.2) is 0 Å². The standard InChI is InChI=1S/C15H23FN2O/c1-2-18(11-14-5-3-4-6-17-14)10-12-7-13(16)9-15(19)8-12/h7-9,14,17,19H,2-6,10-11H2,1H3. The van der Waals surface area contributed by atoms with Crippen molar-refractivity contribution in [2.24, 2.45) is 0 Å². The summed E-state index contributed by atoms with van der Waals surface area (Å²) in [7, 11) is 0. The molecule has 4 heteroatoms. The van der Waals surface area contributed by atoms with E-state index >= 15 is 0 Å². The molecule has 1 heterocycles. The summed E-state index contributed by atoms with van der Waals surface area (Å²) < 4.78 is 13.3. The summed E-state index contributed by atoms with van der Waals surface area (Å²) in [6, 6.07) is 4.81. The molecule has 1 aromatic carbocycles. The van der Waals surface area contributed by atoms with Crippen molar-refractivity contribution < 1.29 is 9.50 Å². The molecule has 0 aromatic heterocycles. The highest BCUT2D eigenvalue weighted by atomic mass is 19.1. The molecule has 3 nitrogen and oxygen atoms in total. The van der Waals surface area contributed by atoms with E-state index in [1.165, 1.54) is 25.3 Å². The zero-order valence-electron chi connectivity index (χ0n) is 11.5. The molecular formula is C15H23FN2O. The Morgan fingerprint density at radius 1 is 1.37 bits per heavy atom. The van der Waals surface area contributed by atoms with Crippen molar-refractivity contribution in [2.45, 2.75) is 38.8 Å². The number of likely N-dealkylation sites (N-methyl/N-ethyl adjacent to an activating group) is 1. The van der Waals surface area contributed by atoms with Crippen LogP contribution in [0.25, 0.3) is 0 Å². The molecule has 1 atom stereocenters. The maximum atomic E-state index is 13.3. The van der Waals surface area contributed by atoms with Gasteiger partial charge in [0.2, 0.25) is 0 Å². The molecule has 0 amide bonds. The lowest BCUT2D eigenvalue weighted by atomic mass is 10.0. The molecule has 1 aromatic rings. The smallest absolute Gasteiger partial charge is 0.127 e. The Morgan fingerprint density at radius 3 is 2.84 bits per heavy atom. The molecule has 1 fully saturated rings. The molecule has 0 spiro atoms. The summed E-state index contributed by atoms with van der Waals surface area (Å²) >= 11 is 0. The van der Waals surface area contributed by atoms with E-state index in [0.717, 1.165) is 31.3 Å². The number of nitrogens with zero attached hydrogens (tertiary/aromatic N) is 1. The number of nitrogens with one attached hydrogen (secondary N) is 1. The van der Waals surface area contributed by atoms with Gasteiger partial charge in [0.1, 0.15) is 11.6 Å². The maximum Gasteiger partial charge on any atom is 0.127 e. The number of hydrogen-bond donors (Lipinski definition) is 2. The van der Waals surface area contributed by atoms with E-state index in [1.807, 2.05) is 0 Å². The van der Waals surface area contributed by atoms with Crippen molar-refractivity contribution >= 4 is 0 Å². The Labute approximate surface area is 114 Å². The van der Waals surface area contributed by atoms with E-state index in [1.54, 1.807) is 6.07 Å². The summed E-state index contributed by atoms with van der Waals surface area (Å²) in [5, 5.41) is 13.0. The summed E-state index contributed by atoms with van der Waals surface area (Å²) in [6.45, 7) is 5.80. The molecule has 1 aliphatic rings. The van der Waals surface area contributed by atoms with Gasteiger partial charge in [-0.05, 0) is 43.6 Å². The zero-order valence-corrected chi connectivity index (χ0v) is 11.5. The van der Waals surface area contributed by atoms with Crippen LogP contribution in [0, 0.1) is 5.82 Å². The highest BCUT2D eigenvalue weighted by Crippen LogP contribution is 2.17. The van der Waals surface area contributed by atoms with Crippen molar-refractivity contribution in [3.8, 4) is 5.75 Å². The number of rotatable bonds is 5. The third-order valence-electron chi connectivity index (χ3n) is 3.69. The van der Waals surface area contributed by atoms with Gasteiger partial charge in [-0.3, -0.25) is 4.90 Å². The van der Waals surface area contributed by atoms with Gasteiger partial charge in [0, 0.05) is 25.2 Å². The summed E-state index contributed by atoms with van der Waals surface area (Å²) in [5.74, 6) is -0.372. The lowest BCUT2D eigenvalue weighted by Crippen LogP contribution is -2.43. The van der Waals surface area contributed by atoms with Crippen LogP contribution < -0.4 is 5.32 Å². The predicted molar refractivity (Wildman–Crippen MR) is 74.7 cm³/mol. The third-order valence-corrected chi connectivity index (χ3v) is 3.69. The normalized spacial score (nSPS) is 19.8. The average molecular weight is 266 g/mol. The van der Waals surface area contributed by atoms with E-state index in [-0.39, 0.29) is 11.6 Å². The van der Waals surface area contributed by atoms with Crippen molar-refractivity contribution in [1.29, 1.82) is 0 Å². The van der Waals surface area contributed by atoms with Gasteiger partial charge in [-0.15, -0.1) is 0 Å². The quantitative estimate of drug-likeness (QED) is 0.859. The molecule has 2 N–H and O–H groups in total. The Bertz CT molecular complexity index is 385. The van der Waals surface area contributed by atoms with E-state index in [4.69, 9.17) is 0 Å². The van der Waals surface area contributed by atoms with Gasteiger partial charge in [0.25, 0.3) is 0 Å². The fourth-order valence-electron chi connectivity index (χ4n) is 2.68. The molecule has 0 aliphatic carbocycles. The number of halogens is 1. The van der Waals surface area contributed by atoms with Crippen molar-refractivity contribution in [1.82, 2.24) is 10.2 Å². The zero-order chi connectivity index (χ0) is 13.7. The summed E-state index contributed by atoms with van der Waals surface area (Å²) in [4.78, 5) is 2.29. The van der Waals surface area contributed by atoms with Crippen molar-refractivity contribution in [3.05, 3.63) is 29.6 Å². The second-order valence-corrected chi connectivity index (χ2v) is 5.29. The minimum Gasteiger partial charge on any atom is -0.508 e. The van der Waals surface area contributed by atoms with Crippen LogP contribution in [-0.2, 0) is 6.54 Å². The Kier molecular flexibility index (Phi) is 5.16. The van der Waals surface area contributed by atoms with Gasteiger partial charge in [0.05, 0.1) is 0 Å². The van der Waals surface area contributed by atoms with Crippen LogP contribution >= 0.6 is 0 Å². The fourth-order valence-corrected chi connectivity index (χ4v) is 2.68. The molecule has 0 bridgehead atoms. The molecule has 2 rings (SSSR count). The Balaban J connectivity index is 1.93. The highest BCUT2D eigenvalue weighted by Gasteiger charge is 2.16. The number of piperidine rings is 1. The minimum atomic E-state index is -0.373. The number of hydrogen-bond acceptors (Lipinski definition) is 3. The van der Waals surface area contributed by atoms with E-state index < -0.39 is 0 Å². The maximum absolute atomic E-state index is 13.3. The molecule has 106 valence electrons. The third kappa shape index (κ3) is 4.48. The molecule has 0 saturated carbocycles. The van der Waals surface area contributed by atoms with E-state index in [2.05, 4.69) is 17.1 Å². The molecular weight excluding hydrogens is 243 g/mol. The highest BCUT2D eigenvalue weighted by molar-refractivity contribution is 5.28. The van der Waals surface area contributed by atoms with Gasteiger partial charge < -0.3 is 10.4 Å². The van der Waals surface area contributed by atoms with Crippen LogP contribution in [0.5, 0.6) is 5.75 Å². The van der Waals surface area contributed by atoms with Gasteiger partial charge in [-0.2, -0.15) is 0 Å². The van der Waals surface area contributed by atoms with Crippen molar-refractivity contribution in [2.75, 3.05) is 19.6 Å². The molecule has 1 saturated heterocycles. The molecule has 19 heavy (non-hydrogen) atoms. The van der Waals surface area contributed by atoms with Crippen molar-refractivity contribution in [3.63, 3.8) is 0 Å². The Hall–Kier alpha value is -1.13. The first-order valence-corrected chi connectivity index (χ1v) is 7.11. The number of aromatic hydroxyl groups is 1. The number of phenols is 1. The summed E-state index contributed by atoms with van der Waals surface area (Å²) in [6.07, 6.45) is 3.77. The monoisotopic (exact) mass is 266 g/mol. The second kappa shape index (κ2) is 6.87. The first-order chi connectivity index (χ1) is 9.17. The van der Waals surface area contributed by atoms with Gasteiger partial charge in [-0.1, -0.05) is 13.3 Å². The first kappa shape index (κ1) is 14.3. The lowest BCUT2D eigenvalue weighted by molar-refractivity contribution is 0.226. The van der Waals surface area contributed by atoms with Crippen LogP contribution in [0.1, 0.15) is 31.7 Å². The van der Waals surface area contributed by atoms with E-state index in [9.17, 15) is 9.50 Å². The van der Waals surface area contributed by atoms with E-state index in [0.29, 0.717) is 12.6 Å². The Morgan fingerprint density at radius 2 is 2.21 bits per heavy atom. The first-order valence-electron chi connectivity index (χ1n) is 7.11. The largest absolute Gasteiger partial charge is 0.508 e. The molecule has 0 radical (unpaired) electrons. The molecule has 1 aliphatic heterocycles. The second-order valence-electron chi connectivity index (χ2n) is 5.29. The lowest BCUT2D eigenvalue weighted by Gasteiger charge is -2.30. The average Bonchev–Trinajstić information content (AvgIpc) is 2.38. The number of benzene rings is 1. The molecule has 1 unspecified atom stereocenters. The van der Waals surface area contributed by atoms with Crippen LogP contribution in [0.2, 0.25) is 0 Å². The van der Waals surface area contributed by atoms with Gasteiger partial charge >= 0.3 is 0 Å². The summed E-state index contributed by atoms with van der Waals surface area (Å²) in [5.41, 5.74) is 0.829. The number of phenolic OH excluding ortho intramolecular Hbond substituents is 1. The van der Waals surface area contributed by atoms with Crippen LogP contribution in [0.15, 0.2) is 18.2 Å². The van der Waals surface area contributed by atoms with Crippen LogP contribution in [-0.4, -0.2) is 35.7 Å². The van der Waals surface area contributed by atoms with Gasteiger partial charge in [-0.25, -0.2) is 4.39 Å².